The van der Waals surface area contributed by atoms with E-state index in [0.717, 1.165) is 17.2 Å². The van der Waals surface area contributed by atoms with Gasteiger partial charge in [-0.05, 0) is 29.3 Å². The Bertz CT molecular complexity index is 279. The van der Waals surface area contributed by atoms with Crippen LogP contribution in [0.5, 0.6) is 0 Å². The van der Waals surface area contributed by atoms with Gasteiger partial charge in [-0.3, -0.25) is 0 Å². The lowest BCUT2D eigenvalue weighted by molar-refractivity contribution is -0.137. The second kappa shape index (κ2) is 6.73. The van der Waals surface area contributed by atoms with E-state index in [1.165, 1.54) is 0 Å². The molecule has 76 valence electrons. The van der Waals surface area contributed by atoms with E-state index in [4.69, 9.17) is 5.11 Å². The largest absolute Gasteiger partial charge is 0.565 e. The van der Waals surface area contributed by atoms with Crippen molar-refractivity contribution in [2.75, 3.05) is 5.75 Å². The van der Waals surface area contributed by atoms with E-state index >= 15 is 0 Å². The molecule has 0 radical (unpaired) electrons. The molecule has 0 saturated carbocycles. The van der Waals surface area contributed by atoms with Crippen molar-refractivity contribution in [2.24, 2.45) is 0 Å². The summed E-state index contributed by atoms with van der Waals surface area (Å²) < 4.78 is 0. The zero-order chi connectivity index (χ0) is 10.2. The van der Waals surface area contributed by atoms with E-state index in [2.05, 4.69) is 4.98 Å². The van der Waals surface area contributed by atoms with Crippen molar-refractivity contribution in [3.05, 3.63) is 24.4 Å². The van der Waals surface area contributed by atoms with Crippen LogP contribution in [0.15, 0.2) is 29.4 Å². The summed E-state index contributed by atoms with van der Waals surface area (Å²) in [6.45, 7) is 0. The van der Waals surface area contributed by atoms with Crippen LogP contribution in [0.4, 0.5) is 0 Å². The number of carbonyl (C=O) groups excluding carboxylic acids is 1. The van der Waals surface area contributed by atoms with Gasteiger partial charge >= 0.3 is 5.97 Å². The third-order valence-corrected chi connectivity index (χ3v) is 3.76. The molecule has 0 atom stereocenters. The SMILES string of the molecule is O=C([OH2+])CCCSSc1ccccn1. The van der Waals surface area contributed by atoms with Crippen LogP contribution >= 0.6 is 21.6 Å². The maximum Gasteiger partial charge on any atom is 0.515 e. The van der Waals surface area contributed by atoms with Crippen molar-refractivity contribution < 1.29 is 9.90 Å². The van der Waals surface area contributed by atoms with Crippen LogP contribution in [0, 0.1) is 0 Å². The van der Waals surface area contributed by atoms with Crippen molar-refractivity contribution in [3.8, 4) is 0 Å². The Morgan fingerprint density at radius 1 is 1.50 bits per heavy atom. The summed E-state index contributed by atoms with van der Waals surface area (Å²) >= 11 is 0. The lowest BCUT2D eigenvalue weighted by atomic mass is 10.3. The Hall–Kier alpha value is -0.680. The average Bonchev–Trinajstić information content (AvgIpc) is 2.18. The van der Waals surface area contributed by atoms with Crippen LogP contribution in [-0.4, -0.2) is 21.8 Å². The summed E-state index contributed by atoms with van der Waals surface area (Å²) in [4.78, 5) is 14.5. The van der Waals surface area contributed by atoms with Crippen LogP contribution in [0.2, 0.25) is 0 Å². The van der Waals surface area contributed by atoms with Gasteiger partial charge in [0.15, 0.2) is 0 Å². The topological polar surface area (TPSA) is 52.9 Å². The molecule has 3 nitrogen and oxygen atoms in total. The number of hydrogen-bond acceptors (Lipinski definition) is 4. The van der Waals surface area contributed by atoms with Gasteiger partial charge in [0, 0.05) is 16.7 Å². The summed E-state index contributed by atoms with van der Waals surface area (Å²) in [5, 5.41) is 7.69. The Balaban J connectivity index is 2.08. The number of nitrogens with zero attached hydrogens (tertiary/aromatic N) is 1. The molecule has 1 aromatic heterocycles. The zero-order valence-electron chi connectivity index (χ0n) is 7.60. The summed E-state index contributed by atoms with van der Waals surface area (Å²) in [7, 11) is 3.27. The minimum Gasteiger partial charge on any atom is -0.565 e. The molecule has 0 unspecified atom stereocenters. The lowest BCUT2D eigenvalue weighted by Crippen LogP contribution is -1.94. The summed E-state index contributed by atoms with van der Waals surface area (Å²) in [5.41, 5.74) is 0. The van der Waals surface area contributed by atoms with Gasteiger partial charge in [0.2, 0.25) is 0 Å². The molecule has 0 aliphatic carbocycles. The molecule has 0 amide bonds. The van der Waals surface area contributed by atoms with E-state index in [0.29, 0.717) is 6.42 Å². The minimum atomic E-state index is -0.478. The van der Waals surface area contributed by atoms with Gasteiger partial charge < -0.3 is 5.11 Å². The van der Waals surface area contributed by atoms with Crippen molar-refractivity contribution in [1.29, 1.82) is 0 Å². The second-order valence-electron chi connectivity index (χ2n) is 2.60. The molecule has 0 bridgehead atoms. The first-order chi connectivity index (χ1) is 6.79. The maximum absolute atomic E-state index is 10.3. The minimum absolute atomic E-state index is 0.357. The van der Waals surface area contributed by atoms with Gasteiger partial charge in [-0.2, -0.15) is 0 Å². The Morgan fingerprint density at radius 2 is 2.36 bits per heavy atom. The summed E-state index contributed by atoms with van der Waals surface area (Å²) in [6.07, 6.45) is 2.89. The van der Waals surface area contributed by atoms with E-state index < -0.39 is 5.97 Å². The van der Waals surface area contributed by atoms with Gasteiger partial charge in [0.05, 0.1) is 0 Å². The Kier molecular flexibility index (Phi) is 5.47. The molecule has 14 heavy (non-hydrogen) atoms. The molecule has 5 heteroatoms. The quantitative estimate of drug-likeness (QED) is 0.425. The molecule has 0 aliphatic rings. The molecule has 1 rings (SSSR count). The second-order valence-corrected chi connectivity index (χ2v) is 5.04. The highest BCUT2D eigenvalue weighted by atomic mass is 33.1. The summed E-state index contributed by atoms with van der Waals surface area (Å²) in [5.74, 6) is 0.403. The molecule has 0 saturated heterocycles. The molecule has 2 N–H and O–H groups in total. The van der Waals surface area contributed by atoms with E-state index in [9.17, 15) is 4.79 Å². The monoisotopic (exact) mass is 230 g/mol. The van der Waals surface area contributed by atoms with Crippen molar-refractivity contribution >= 4 is 27.6 Å². The first-order valence-electron chi connectivity index (χ1n) is 4.24. The maximum atomic E-state index is 10.3. The number of pyridine rings is 1. The fourth-order valence-electron chi connectivity index (χ4n) is 0.790. The normalized spacial score (nSPS) is 10.0. The highest BCUT2D eigenvalue weighted by Gasteiger charge is 2.04. The third-order valence-electron chi connectivity index (χ3n) is 1.41. The molecular formula is C9H12NO2S2+. The molecule has 0 aliphatic heterocycles. The standard InChI is InChI=1S/C9H11NO2S2/c11-9(12)5-3-7-13-14-8-4-1-2-6-10-8/h1-2,4,6H,3,5,7H2,(H,11,12)/p+1. The Labute approximate surface area is 90.7 Å². The first kappa shape index (κ1) is 11.4. The lowest BCUT2D eigenvalue weighted by Gasteiger charge is -1.97. The van der Waals surface area contributed by atoms with Gasteiger partial charge in [0.1, 0.15) is 11.4 Å². The van der Waals surface area contributed by atoms with Crippen LogP contribution < -0.4 is 0 Å². The van der Waals surface area contributed by atoms with Crippen molar-refractivity contribution in [1.82, 2.24) is 4.98 Å². The smallest absolute Gasteiger partial charge is 0.515 e. The fourth-order valence-corrected chi connectivity index (χ4v) is 2.76. The predicted molar refractivity (Wildman–Crippen MR) is 60.4 cm³/mol. The van der Waals surface area contributed by atoms with Gasteiger partial charge in [0.25, 0.3) is 0 Å². The highest BCUT2D eigenvalue weighted by Crippen LogP contribution is 2.29. The molecule has 1 aromatic rings. The number of carbonyl (C=O) groups is 1. The summed E-state index contributed by atoms with van der Waals surface area (Å²) in [6, 6.07) is 5.78. The number of aromatic nitrogens is 1. The third kappa shape index (κ3) is 5.14. The molecule has 0 aromatic carbocycles. The molecule has 0 fully saturated rings. The predicted octanol–water partition coefficient (Wildman–Crippen LogP) is 1.85. The molecule has 0 spiro atoms. The highest BCUT2D eigenvalue weighted by molar-refractivity contribution is 8.76. The van der Waals surface area contributed by atoms with Gasteiger partial charge in [-0.25, -0.2) is 4.98 Å². The van der Waals surface area contributed by atoms with Crippen LogP contribution in [0.1, 0.15) is 12.8 Å². The molecular weight excluding hydrogens is 218 g/mol. The zero-order valence-corrected chi connectivity index (χ0v) is 9.24. The van der Waals surface area contributed by atoms with E-state index in [1.54, 1.807) is 27.8 Å². The number of hydrogen-bond donors (Lipinski definition) is 0. The number of rotatable bonds is 6. The van der Waals surface area contributed by atoms with Gasteiger partial charge in [-0.1, -0.05) is 16.9 Å². The van der Waals surface area contributed by atoms with Crippen LogP contribution in [-0.2, 0) is 4.79 Å². The van der Waals surface area contributed by atoms with Crippen LogP contribution in [0.25, 0.3) is 0 Å². The van der Waals surface area contributed by atoms with Crippen LogP contribution in [0.3, 0.4) is 0 Å². The van der Waals surface area contributed by atoms with E-state index in [-0.39, 0.29) is 0 Å². The fraction of sp³-hybridized carbons (Fsp3) is 0.333. The Morgan fingerprint density at radius 3 is 3.00 bits per heavy atom. The van der Waals surface area contributed by atoms with E-state index in [1.807, 2.05) is 18.2 Å². The van der Waals surface area contributed by atoms with Gasteiger partial charge in [-0.15, -0.1) is 0 Å². The van der Waals surface area contributed by atoms with Crippen molar-refractivity contribution in [3.63, 3.8) is 0 Å². The van der Waals surface area contributed by atoms with Crippen molar-refractivity contribution in [2.45, 2.75) is 17.9 Å². The molecule has 1 heterocycles. The first-order valence-corrected chi connectivity index (χ1v) is 6.56. The average molecular weight is 230 g/mol.